The Morgan fingerprint density at radius 1 is 1.11 bits per heavy atom. The van der Waals surface area contributed by atoms with Gasteiger partial charge in [-0.2, -0.15) is 0 Å². The molecule has 2 heterocycles. The summed E-state index contributed by atoms with van der Waals surface area (Å²) < 4.78 is 1.81. The molecule has 1 saturated carbocycles. The van der Waals surface area contributed by atoms with Gasteiger partial charge in [-0.1, -0.05) is 43.2 Å². The first-order valence-corrected chi connectivity index (χ1v) is 9.81. The van der Waals surface area contributed by atoms with Gasteiger partial charge in [-0.05, 0) is 47.8 Å². The fourth-order valence-corrected chi connectivity index (χ4v) is 5.01. The standard InChI is InChI=1S/C22H26N2O3/c25-20-14-18(17-6-2-1-3-7-17)8-12-23(20)15-19-9-13-24(21(26)27)16-22(19)10-4-5-11-22/h1-3,6-8,12,14,19H,4-5,9-11,13,15-16H2,(H,26,27). The van der Waals surface area contributed by atoms with E-state index in [0.29, 0.717) is 25.6 Å². The first-order valence-electron chi connectivity index (χ1n) is 9.81. The Morgan fingerprint density at radius 2 is 1.85 bits per heavy atom. The number of nitrogens with zero attached hydrogens (tertiary/aromatic N) is 2. The van der Waals surface area contributed by atoms with E-state index < -0.39 is 6.09 Å². The number of piperidine rings is 1. The van der Waals surface area contributed by atoms with Crippen LogP contribution < -0.4 is 5.56 Å². The van der Waals surface area contributed by atoms with Crippen LogP contribution in [0.4, 0.5) is 4.79 Å². The number of rotatable bonds is 3. The summed E-state index contributed by atoms with van der Waals surface area (Å²) in [6.07, 6.45) is 6.37. The molecular formula is C22H26N2O3. The third-order valence-electron chi connectivity index (χ3n) is 6.51. The molecule has 1 aromatic carbocycles. The molecule has 0 bridgehead atoms. The first kappa shape index (κ1) is 17.8. The smallest absolute Gasteiger partial charge is 0.407 e. The molecule has 1 atom stereocenters. The summed E-state index contributed by atoms with van der Waals surface area (Å²) >= 11 is 0. The van der Waals surface area contributed by atoms with E-state index in [1.807, 2.05) is 47.2 Å². The van der Waals surface area contributed by atoms with Crippen LogP contribution in [0.25, 0.3) is 11.1 Å². The van der Waals surface area contributed by atoms with Crippen LogP contribution in [-0.4, -0.2) is 33.8 Å². The van der Waals surface area contributed by atoms with Gasteiger partial charge in [0.1, 0.15) is 0 Å². The second-order valence-electron chi connectivity index (χ2n) is 8.03. The number of likely N-dealkylation sites (tertiary alicyclic amines) is 1. The van der Waals surface area contributed by atoms with Crippen molar-refractivity contribution in [2.24, 2.45) is 11.3 Å². The summed E-state index contributed by atoms with van der Waals surface area (Å²) in [4.78, 5) is 25.8. The Hall–Kier alpha value is -2.56. The summed E-state index contributed by atoms with van der Waals surface area (Å²) in [6.45, 7) is 1.86. The van der Waals surface area contributed by atoms with E-state index in [1.165, 1.54) is 0 Å². The van der Waals surface area contributed by atoms with Crippen LogP contribution in [0, 0.1) is 11.3 Å². The summed E-state index contributed by atoms with van der Waals surface area (Å²) in [6, 6.07) is 13.6. The highest BCUT2D eigenvalue weighted by Gasteiger charge is 2.46. The Balaban J connectivity index is 1.56. The molecule has 0 radical (unpaired) electrons. The number of amides is 1. The van der Waals surface area contributed by atoms with Crippen molar-refractivity contribution in [3.63, 3.8) is 0 Å². The Labute approximate surface area is 159 Å². The fraction of sp³-hybridized carbons (Fsp3) is 0.455. The van der Waals surface area contributed by atoms with Crippen LogP contribution in [0.3, 0.4) is 0 Å². The monoisotopic (exact) mass is 366 g/mol. The maximum Gasteiger partial charge on any atom is 0.407 e. The van der Waals surface area contributed by atoms with Crippen LogP contribution in [0.15, 0.2) is 53.5 Å². The quantitative estimate of drug-likeness (QED) is 0.890. The van der Waals surface area contributed by atoms with Crippen LogP contribution >= 0.6 is 0 Å². The van der Waals surface area contributed by atoms with Gasteiger partial charge in [0.2, 0.25) is 0 Å². The lowest BCUT2D eigenvalue weighted by molar-refractivity contribution is 0.0253. The molecule has 142 valence electrons. The van der Waals surface area contributed by atoms with Gasteiger partial charge in [-0.3, -0.25) is 4.79 Å². The van der Waals surface area contributed by atoms with Crippen molar-refractivity contribution in [2.75, 3.05) is 13.1 Å². The van der Waals surface area contributed by atoms with Gasteiger partial charge < -0.3 is 14.6 Å². The predicted octanol–water partition coefficient (Wildman–Crippen LogP) is 4.08. The molecule has 5 heteroatoms. The Bertz CT molecular complexity index is 869. The van der Waals surface area contributed by atoms with Crippen molar-refractivity contribution in [3.05, 3.63) is 59.0 Å². The third kappa shape index (κ3) is 3.51. The molecule has 2 aromatic rings. The van der Waals surface area contributed by atoms with Crippen LogP contribution in [0.1, 0.15) is 32.1 Å². The second kappa shape index (κ2) is 7.22. The molecule has 4 rings (SSSR count). The van der Waals surface area contributed by atoms with E-state index >= 15 is 0 Å². The Kier molecular flexibility index (Phi) is 4.77. The summed E-state index contributed by atoms with van der Waals surface area (Å²) in [5, 5.41) is 9.41. The number of carbonyl (C=O) groups is 1. The lowest BCUT2D eigenvalue weighted by atomic mass is 9.69. The summed E-state index contributed by atoms with van der Waals surface area (Å²) in [5.74, 6) is 0.357. The van der Waals surface area contributed by atoms with E-state index in [-0.39, 0.29) is 11.0 Å². The summed E-state index contributed by atoms with van der Waals surface area (Å²) in [7, 11) is 0. The number of carboxylic acid groups (broad SMARTS) is 1. The molecule has 2 aliphatic rings. The first-order chi connectivity index (χ1) is 13.1. The van der Waals surface area contributed by atoms with Crippen molar-refractivity contribution in [2.45, 2.75) is 38.6 Å². The van der Waals surface area contributed by atoms with E-state index in [9.17, 15) is 14.7 Å². The van der Waals surface area contributed by atoms with E-state index in [4.69, 9.17) is 0 Å². The maximum absolute atomic E-state index is 12.7. The molecule has 1 N–H and O–H groups in total. The molecule has 1 unspecified atom stereocenters. The zero-order chi connectivity index (χ0) is 18.9. The van der Waals surface area contributed by atoms with Gasteiger partial charge in [-0.25, -0.2) is 4.79 Å². The van der Waals surface area contributed by atoms with Crippen molar-refractivity contribution >= 4 is 6.09 Å². The maximum atomic E-state index is 12.7. The van der Waals surface area contributed by atoms with E-state index in [1.54, 1.807) is 11.0 Å². The summed E-state index contributed by atoms with van der Waals surface area (Å²) in [5.41, 5.74) is 2.04. The second-order valence-corrected chi connectivity index (χ2v) is 8.03. The minimum Gasteiger partial charge on any atom is -0.465 e. The minimum atomic E-state index is -0.816. The molecular weight excluding hydrogens is 340 g/mol. The lowest BCUT2D eigenvalue weighted by Crippen LogP contribution is -2.50. The van der Waals surface area contributed by atoms with Crippen LogP contribution in [0.2, 0.25) is 0 Å². The van der Waals surface area contributed by atoms with Gasteiger partial charge in [-0.15, -0.1) is 0 Å². The average Bonchev–Trinajstić information content (AvgIpc) is 3.14. The molecule has 1 aliphatic heterocycles. The molecule has 1 amide bonds. The van der Waals surface area contributed by atoms with Gasteiger partial charge in [0.05, 0.1) is 0 Å². The lowest BCUT2D eigenvalue weighted by Gasteiger charge is -2.45. The highest BCUT2D eigenvalue weighted by Crippen LogP contribution is 2.49. The number of hydrogen-bond donors (Lipinski definition) is 1. The van der Waals surface area contributed by atoms with Gasteiger partial charge in [0.25, 0.3) is 5.56 Å². The van der Waals surface area contributed by atoms with Crippen molar-refractivity contribution in [1.82, 2.24) is 9.47 Å². The van der Waals surface area contributed by atoms with E-state index in [2.05, 4.69) is 0 Å². The highest BCUT2D eigenvalue weighted by atomic mass is 16.4. The number of pyridine rings is 1. The van der Waals surface area contributed by atoms with Gasteiger partial charge >= 0.3 is 6.09 Å². The molecule has 2 fully saturated rings. The van der Waals surface area contributed by atoms with E-state index in [0.717, 1.165) is 43.2 Å². The minimum absolute atomic E-state index is 0.0187. The highest BCUT2D eigenvalue weighted by molar-refractivity contribution is 5.65. The van der Waals surface area contributed by atoms with Gasteiger partial charge in [0, 0.05) is 31.9 Å². The molecule has 1 saturated heterocycles. The van der Waals surface area contributed by atoms with Crippen LogP contribution in [0.5, 0.6) is 0 Å². The Morgan fingerprint density at radius 3 is 2.52 bits per heavy atom. The number of benzene rings is 1. The van der Waals surface area contributed by atoms with Gasteiger partial charge in [0.15, 0.2) is 0 Å². The van der Waals surface area contributed by atoms with Crippen LogP contribution in [-0.2, 0) is 6.54 Å². The average molecular weight is 366 g/mol. The molecule has 27 heavy (non-hydrogen) atoms. The predicted molar refractivity (Wildman–Crippen MR) is 105 cm³/mol. The fourth-order valence-electron chi connectivity index (χ4n) is 5.01. The molecule has 1 aliphatic carbocycles. The normalized spacial score (nSPS) is 21.5. The van der Waals surface area contributed by atoms with Crippen molar-refractivity contribution < 1.29 is 9.90 Å². The van der Waals surface area contributed by atoms with Crippen molar-refractivity contribution in [3.8, 4) is 11.1 Å². The largest absolute Gasteiger partial charge is 0.465 e. The SMILES string of the molecule is O=C(O)N1CCC(Cn2ccc(-c3ccccc3)cc2=O)C2(CCCC2)C1. The molecule has 1 aromatic heterocycles. The zero-order valence-corrected chi connectivity index (χ0v) is 15.5. The topological polar surface area (TPSA) is 62.5 Å². The molecule has 1 spiro atoms. The number of hydrogen-bond acceptors (Lipinski definition) is 2. The zero-order valence-electron chi connectivity index (χ0n) is 15.5. The number of aromatic nitrogens is 1. The third-order valence-corrected chi connectivity index (χ3v) is 6.51. The molecule has 5 nitrogen and oxygen atoms in total. The van der Waals surface area contributed by atoms with Crippen molar-refractivity contribution in [1.29, 1.82) is 0 Å².